The molecule has 120 valence electrons. The second kappa shape index (κ2) is 7.90. The van der Waals surface area contributed by atoms with Gasteiger partial charge in [-0.1, -0.05) is 47.3 Å². The summed E-state index contributed by atoms with van der Waals surface area (Å²) in [6.45, 7) is 0. The normalized spacial score (nSPS) is 11.5. The van der Waals surface area contributed by atoms with Crippen molar-refractivity contribution in [2.45, 2.75) is 9.24 Å². The average Bonchev–Trinajstić information content (AvgIpc) is 2.99. The van der Waals surface area contributed by atoms with Crippen molar-refractivity contribution in [3.05, 3.63) is 47.5 Å². The number of benzene rings is 2. The van der Waals surface area contributed by atoms with Crippen LogP contribution in [0.1, 0.15) is 0 Å². The third kappa shape index (κ3) is 4.02. The molecule has 1 N–H and O–H groups in total. The molecule has 1 heterocycles. The first-order valence-corrected chi connectivity index (χ1v) is 10.0. The number of hydrogen-bond donors (Lipinski definition) is 1. The lowest BCUT2D eigenvalue weighted by atomic mass is 10.3. The molecular formula is C16H11ClN4S3. The molecule has 3 rings (SSSR count). The van der Waals surface area contributed by atoms with Gasteiger partial charge >= 0.3 is 0 Å². The lowest BCUT2D eigenvalue weighted by Crippen LogP contribution is -2.12. The first-order chi connectivity index (χ1) is 11.7. The summed E-state index contributed by atoms with van der Waals surface area (Å²) < 4.78 is 2.09. The zero-order chi connectivity index (χ0) is 16.9. The average molecular weight is 391 g/mol. The lowest BCUT2D eigenvalue weighted by Gasteiger charge is -2.06. The highest BCUT2D eigenvalue weighted by molar-refractivity contribution is 8.13. The maximum atomic E-state index is 8.79. The van der Waals surface area contributed by atoms with Crippen LogP contribution in [0.25, 0.3) is 10.2 Å². The number of halogens is 1. The molecule has 0 radical (unpaired) electrons. The summed E-state index contributed by atoms with van der Waals surface area (Å²) in [6.07, 6.45) is 3.74. The van der Waals surface area contributed by atoms with Gasteiger partial charge in [-0.15, -0.1) is 11.3 Å². The van der Waals surface area contributed by atoms with Gasteiger partial charge in [-0.05, 0) is 36.6 Å². The van der Waals surface area contributed by atoms with E-state index in [4.69, 9.17) is 16.9 Å². The van der Waals surface area contributed by atoms with Gasteiger partial charge in [0.15, 0.2) is 15.7 Å². The van der Waals surface area contributed by atoms with E-state index in [-0.39, 0.29) is 0 Å². The highest BCUT2D eigenvalue weighted by Crippen LogP contribution is 2.40. The van der Waals surface area contributed by atoms with Crippen LogP contribution in [0.15, 0.2) is 56.7 Å². The fourth-order valence-corrected chi connectivity index (χ4v) is 4.52. The third-order valence-electron chi connectivity index (χ3n) is 2.97. The van der Waals surface area contributed by atoms with Crippen molar-refractivity contribution in [1.29, 1.82) is 5.26 Å². The van der Waals surface area contributed by atoms with Crippen LogP contribution >= 0.6 is 46.5 Å². The summed E-state index contributed by atoms with van der Waals surface area (Å²) in [4.78, 5) is 10.1. The summed E-state index contributed by atoms with van der Waals surface area (Å²) in [6, 6.07) is 13.6. The van der Waals surface area contributed by atoms with Crippen LogP contribution in [0.4, 0.5) is 5.69 Å². The highest BCUT2D eigenvalue weighted by atomic mass is 35.5. The molecule has 4 nitrogen and oxygen atoms in total. The van der Waals surface area contributed by atoms with Crippen LogP contribution in [0.5, 0.6) is 0 Å². The van der Waals surface area contributed by atoms with Crippen LogP contribution in [-0.4, -0.2) is 16.4 Å². The molecular weight excluding hydrogens is 380 g/mol. The minimum atomic E-state index is 0.519. The molecule has 0 amide bonds. The zero-order valence-electron chi connectivity index (χ0n) is 12.5. The Morgan fingerprint density at radius 2 is 2.17 bits per heavy atom. The molecule has 0 fully saturated rings. The molecule has 8 heteroatoms. The van der Waals surface area contributed by atoms with Crippen molar-refractivity contribution in [3.63, 3.8) is 0 Å². The van der Waals surface area contributed by atoms with Crippen LogP contribution in [0, 0.1) is 11.5 Å². The van der Waals surface area contributed by atoms with Crippen molar-refractivity contribution < 1.29 is 0 Å². The van der Waals surface area contributed by atoms with Gasteiger partial charge < -0.3 is 0 Å². The molecule has 2 aromatic carbocycles. The van der Waals surface area contributed by atoms with Gasteiger partial charge in [0.25, 0.3) is 0 Å². The monoisotopic (exact) mass is 390 g/mol. The molecule has 0 aliphatic carbocycles. The lowest BCUT2D eigenvalue weighted by molar-refractivity contribution is 1.26. The molecule has 0 saturated carbocycles. The summed E-state index contributed by atoms with van der Waals surface area (Å²) in [7, 11) is 0. The van der Waals surface area contributed by atoms with Crippen LogP contribution < -0.4 is 5.32 Å². The van der Waals surface area contributed by atoms with E-state index < -0.39 is 0 Å². The largest absolute Gasteiger partial charge is 0.271 e. The van der Waals surface area contributed by atoms with E-state index in [9.17, 15) is 0 Å². The fraction of sp³-hybridized carbons (Fsp3) is 0.0625. The number of aliphatic imine (C=N–C) groups is 1. The number of thiazole rings is 1. The predicted octanol–water partition coefficient (Wildman–Crippen LogP) is 5.52. The molecule has 0 aliphatic heterocycles. The van der Waals surface area contributed by atoms with Crippen molar-refractivity contribution in [1.82, 2.24) is 10.3 Å². The van der Waals surface area contributed by atoms with Crippen LogP contribution in [-0.2, 0) is 0 Å². The molecule has 0 atom stereocenters. The number of nitriles is 1. The first-order valence-electron chi connectivity index (χ1n) is 6.80. The first kappa shape index (κ1) is 17.1. The second-order valence-electron chi connectivity index (χ2n) is 4.52. The van der Waals surface area contributed by atoms with E-state index >= 15 is 0 Å². The molecule has 0 aliphatic rings. The molecule has 0 saturated heterocycles. The smallest absolute Gasteiger partial charge is 0.183 e. The Balaban J connectivity index is 1.97. The maximum Gasteiger partial charge on any atom is 0.183 e. The van der Waals surface area contributed by atoms with Crippen molar-refractivity contribution in [2.24, 2.45) is 4.99 Å². The van der Waals surface area contributed by atoms with Crippen LogP contribution in [0.2, 0.25) is 5.02 Å². The number of rotatable bonds is 3. The van der Waals surface area contributed by atoms with Crippen molar-refractivity contribution >= 4 is 67.5 Å². The van der Waals surface area contributed by atoms with E-state index in [2.05, 4.69) is 21.4 Å². The van der Waals surface area contributed by atoms with Gasteiger partial charge in [-0.3, -0.25) is 5.32 Å². The van der Waals surface area contributed by atoms with E-state index in [1.165, 1.54) is 11.8 Å². The summed E-state index contributed by atoms with van der Waals surface area (Å²) in [5.74, 6) is 0. The molecule has 0 unspecified atom stereocenters. The summed E-state index contributed by atoms with van der Waals surface area (Å²) >= 11 is 10.6. The number of amidine groups is 1. The number of nitrogens with zero attached hydrogens (tertiary/aromatic N) is 3. The molecule has 24 heavy (non-hydrogen) atoms. The Bertz CT molecular complexity index is 913. The Morgan fingerprint density at radius 3 is 2.92 bits per heavy atom. The maximum absolute atomic E-state index is 8.79. The van der Waals surface area contributed by atoms with Gasteiger partial charge in [-0.25, -0.2) is 9.98 Å². The van der Waals surface area contributed by atoms with E-state index in [1.54, 1.807) is 29.2 Å². The molecule has 0 bridgehead atoms. The van der Waals surface area contributed by atoms with E-state index in [0.29, 0.717) is 15.9 Å². The molecule has 0 spiro atoms. The van der Waals surface area contributed by atoms with Crippen molar-refractivity contribution in [2.75, 3.05) is 6.26 Å². The van der Waals surface area contributed by atoms with Gasteiger partial charge in [0.2, 0.25) is 0 Å². The Labute approximate surface area is 157 Å². The molecule has 1 aromatic heterocycles. The number of fused-ring (bicyclic) bond motifs is 1. The number of para-hydroxylation sites is 1. The Morgan fingerprint density at radius 1 is 1.33 bits per heavy atom. The van der Waals surface area contributed by atoms with Gasteiger partial charge in [0.1, 0.15) is 0 Å². The predicted molar refractivity (Wildman–Crippen MR) is 105 cm³/mol. The summed E-state index contributed by atoms with van der Waals surface area (Å²) in [5, 5.41) is 12.5. The summed E-state index contributed by atoms with van der Waals surface area (Å²) in [5.41, 5.74) is 1.69. The number of hydrogen-bond acceptors (Lipinski definition) is 6. The van der Waals surface area contributed by atoms with E-state index in [1.807, 2.05) is 42.8 Å². The third-order valence-corrected chi connectivity index (χ3v) is 5.95. The Kier molecular flexibility index (Phi) is 5.63. The van der Waals surface area contributed by atoms with Gasteiger partial charge in [0.05, 0.1) is 15.9 Å². The zero-order valence-corrected chi connectivity index (χ0v) is 15.7. The van der Waals surface area contributed by atoms with Crippen molar-refractivity contribution in [3.8, 4) is 6.19 Å². The topological polar surface area (TPSA) is 61.1 Å². The fourth-order valence-electron chi connectivity index (χ4n) is 1.93. The number of nitrogens with one attached hydrogen (secondary N) is 1. The number of thioether (sulfide) groups is 1. The minimum absolute atomic E-state index is 0.519. The standard InChI is InChI=1S/C16H11ClN4S3/c1-22-15(19-9-18)20-12-8-10(17)6-7-14(12)24-16-21-11-4-2-3-5-13(11)23-16/h2-8H,1H3,(H,19,20). The minimum Gasteiger partial charge on any atom is -0.271 e. The van der Waals surface area contributed by atoms with Gasteiger partial charge in [0, 0.05) is 9.92 Å². The second-order valence-corrected chi connectivity index (χ2v) is 8.07. The quantitative estimate of drug-likeness (QED) is 0.276. The van der Waals surface area contributed by atoms with Gasteiger partial charge in [-0.2, -0.15) is 5.26 Å². The van der Waals surface area contributed by atoms with Crippen LogP contribution in [0.3, 0.4) is 0 Å². The number of aromatic nitrogens is 1. The molecule has 3 aromatic rings. The SMILES string of the molecule is CSC(=Nc1cc(Cl)ccc1Sc1nc2ccccc2s1)NC#N. The van der Waals surface area contributed by atoms with E-state index in [0.717, 1.165) is 19.5 Å². The highest BCUT2D eigenvalue weighted by Gasteiger charge is 2.10. The Hall–Kier alpha value is -1.72.